The lowest BCUT2D eigenvalue weighted by Crippen LogP contribution is -2.15. The van der Waals surface area contributed by atoms with Crippen LogP contribution < -0.4 is 0 Å². The molecular formula is C9H15NO2. The summed E-state index contributed by atoms with van der Waals surface area (Å²) in [5.74, 6) is 0. The lowest BCUT2D eigenvalue weighted by Gasteiger charge is -2.10. The SMILES string of the molecule is CC(C)(C)OO.c1ccncc1. The van der Waals surface area contributed by atoms with Gasteiger partial charge >= 0.3 is 0 Å². The summed E-state index contributed by atoms with van der Waals surface area (Å²) in [5.41, 5.74) is -0.403. The van der Waals surface area contributed by atoms with Gasteiger partial charge in [0.25, 0.3) is 0 Å². The van der Waals surface area contributed by atoms with Gasteiger partial charge in [-0.25, -0.2) is 4.89 Å². The third-order valence-electron chi connectivity index (χ3n) is 0.840. The molecule has 0 bridgehead atoms. The molecule has 1 aromatic rings. The van der Waals surface area contributed by atoms with Crippen LogP contribution in [0.5, 0.6) is 0 Å². The third-order valence-corrected chi connectivity index (χ3v) is 0.840. The highest BCUT2D eigenvalue weighted by Crippen LogP contribution is 2.01. The fraction of sp³-hybridized carbons (Fsp3) is 0.444. The second kappa shape index (κ2) is 5.69. The van der Waals surface area contributed by atoms with Gasteiger partial charge in [-0.3, -0.25) is 10.2 Å². The van der Waals surface area contributed by atoms with Crippen LogP contribution in [0.25, 0.3) is 0 Å². The van der Waals surface area contributed by atoms with E-state index in [1.807, 2.05) is 18.2 Å². The van der Waals surface area contributed by atoms with Gasteiger partial charge in [-0.2, -0.15) is 0 Å². The molecule has 1 rings (SSSR count). The fourth-order valence-electron chi connectivity index (χ4n) is 0.313. The summed E-state index contributed by atoms with van der Waals surface area (Å²) in [6.07, 6.45) is 3.50. The highest BCUT2D eigenvalue weighted by atomic mass is 17.1. The van der Waals surface area contributed by atoms with E-state index in [4.69, 9.17) is 5.26 Å². The van der Waals surface area contributed by atoms with Crippen LogP contribution in [0.2, 0.25) is 0 Å². The molecule has 0 aliphatic heterocycles. The smallest absolute Gasteiger partial charge is 0.0949 e. The van der Waals surface area contributed by atoms with Crippen molar-refractivity contribution in [3.8, 4) is 0 Å². The van der Waals surface area contributed by atoms with Crippen LogP contribution in [0.4, 0.5) is 0 Å². The van der Waals surface area contributed by atoms with Crippen LogP contribution in [0.1, 0.15) is 20.8 Å². The Kier molecular flexibility index (Phi) is 5.25. The molecule has 0 aliphatic rings. The molecule has 3 heteroatoms. The zero-order chi connectivity index (χ0) is 9.45. The van der Waals surface area contributed by atoms with E-state index in [9.17, 15) is 0 Å². The summed E-state index contributed by atoms with van der Waals surface area (Å²) in [7, 11) is 0. The molecule has 68 valence electrons. The molecule has 0 atom stereocenters. The van der Waals surface area contributed by atoms with Crippen LogP contribution in [0.3, 0.4) is 0 Å². The molecule has 1 aromatic heterocycles. The predicted octanol–water partition coefficient (Wildman–Crippen LogP) is 2.36. The van der Waals surface area contributed by atoms with Gasteiger partial charge in [0.1, 0.15) is 0 Å². The van der Waals surface area contributed by atoms with E-state index in [2.05, 4.69) is 9.87 Å². The maximum atomic E-state index is 7.90. The minimum absolute atomic E-state index is 0.403. The molecule has 0 aromatic carbocycles. The number of hydrogen-bond acceptors (Lipinski definition) is 3. The van der Waals surface area contributed by atoms with Gasteiger partial charge in [0, 0.05) is 12.4 Å². The minimum Gasteiger partial charge on any atom is -0.265 e. The Morgan fingerprint density at radius 3 is 1.58 bits per heavy atom. The van der Waals surface area contributed by atoms with Gasteiger partial charge in [-0.15, -0.1) is 0 Å². The summed E-state index contributed by atoms with van der Waals surface area (Å²) in [6.45, 7) is 5.31. The molecule has 3 nitrogen and oxygen atoms in total. The van der Waals surface area contributed by atoms with Crippen LogP contribution in [-0.4, -0.2) is 15.8 Å². The topological polar surface area (TPSA) is 42.4 Å². The number of rotatable bonds is 0. The van der Waals surface area contributed by atoms with Gasteiger partial charge in [0.2, 0.25) is 0 Å². The van der Waals surface area contributed by atoms with Crippen molar-refractivity contribution in [2.45, 2.75) is 26.4 Å². The summed E-state index contributed by atoms with van der Waals surface area (Å²) in [4.78, 5) is 7.72. The summed E-state index contributed by atoms with van der Waals surface area (Å²) in [6, 6.07) is 5.72. The van der Waals surface area contributed by atoms with Crippen LogP contribution in [0.15, 0.2) is 30.6 Å². The van der Waals surface area contributed by atoms with E-state index >= 15 is 0 Å². The number of pyridine rings is 1. The lowest BCUT2D eigenvalue weighted by atomic mass is 10.2. The third kappa shape index (κ3) is 9.07. The summed E-state index contributed by atoms with van der Waals surface area (Å²) >= 11 is 0. The Morgan fingerprint density at radius 2 is 1.50 bits per heavy atom. The second-order valence-electron chi connectivity index (χ2n) is 3.23. The monoisotopic (exact) mass is 169 g/mol. The van der Waals surface area contributed by atoms with Gasteiger partial charge in [0.15, 0.2) is 0 Å². The van der Waals surface area contributed by atoms with Crippen LogP contribution in [-0.2, 0) is 4.89 Å². The highest BCUT2D eigenvalue weighted by molar-refractivity contribution is 4.88. The van der Waals surface area contributed by atoms with E-state index in [0.29, 0.717) is 0 Å². The molecule has 0 spiro atoms. The minimum atomic E-state index is -0.403. The maximum Gasteiger partial charge on any atom is 0.0949 e. The Bertz CT molecular complexity index is 155. The summed E-state index contributed by atoms with van der Waals surface area (Å²) in [5, 5.41) is 7.90. The number of aromatic nitrogens is 1. The van der Waals surface area contributed by atoms with Crippen molar-refractivity contribution in [3.05, 3.63) is 30.6 Å². The molecule has 0 amide bonds. The number of nitrogens with zero attached hydrogens (tertiary/aromatic N) is 1. The molecule has 0 unspecified atom stereocenters. The van der Waals surface area contributed by atoms with Crippen LogP contribution in [0, 0.1) is 0 Å². The molecule has 0 fully saturated rings. The van der Waals surface area contributed by atoms with E-state index in [-0.39, 0.29) is 0 Å². The van der Waals surface area contributed by atoms with Gasteiger partial charge in [-0.05, 0) is 32.9 Å². The largest absolute Gasteiger partial charge is 0.265 e. The Balaban J connectivity index is 0.000000202. The van der Waals surface area contributed by atoms with Crippen molar-refractivity contribution in [2.24, 2.45) is 0 Å². The Hall–Kier alpha value is -0.930. The molecule has 1 heterocycles. The molecular weight excluding hydrogens is 154 g/mol. The van der Waals surface area contributed by atoms with E-state index < -0.39 is 5.60 Å². The van der Waals surface area contributed by atoms with Crippen molar-refractivity contribution in [2.75, 3.05) is 0 Å². The first-order valence-corrected chi connectivity index (χ1v) is 3.74. The predicted molar refractivity (Wildman–Crippen MR) is 47.7 cm³/mol. The fourth-order valence-corrected chi connectivity index (χ4v) is 0.313. The normalized spacial score (nSPS) is 10.0. The highest BCUT2D eigenvalue weighted by Gasteiger charge is 2.06. The van der Waals surface area contributed by atoms with Crippen molar-refractivity contribution in [1.29, 1.82) is 0 Å². The lowest BCUT2D eigenvalue weighted by molar-refractivity contribution is -0.306. The number of hydrogen-bond donors (Lipinski definition) is 1. The zero-order valence-corrected chi connectivity index (χ0v) is 7.69. The average molecular weight is 169 g/mol. The van der Waals surface area contributed by atoms with Crippen LogP contribution >= 0.6 is 0 Å². The average Bonchev–Trinajstić information content (AvgIpc) is 2.07. The Labute approximate surface area is 73.0 Å². The molecule has 1 N–H and O–H groups in total. The van der Waals surface area contributed by atoms with Gasteiger partial charge in [-0.1, -0.05) is 6.07 Å². The quantitative estimate of drug-likeness (QED) is 0.479. The van der Waals surface area contributed by atoms with E-state index in [0.717, 1.165) is 0 Å². The molecule has 0 aliphatic carbocycles. The molecule has 12 heavy (non-hydrogen) atoms. The van der Waals surface area contributed by atoms with Crippen molar-refractivity contribution in [1.82, 2.24) is 4.98 Å². The van der Waals surface area contributed by atoms with Crippen molar-refractivity contribution >= 4 is 0 Å². The summed E-state index contributed by atoms with van der Waals surface area (Å²) < 4.78 is 0. The first-order valence-electron chi connectivity index (χ1n) is 3.74. The van der Waals surface area contributed by atoms with Gasteiger partial charge in [0.05, 0.1) is 5.60 Å². The standard InChI is InChI=1S/C5H5N.C4H10O2/c1-2-4-6-5-3-1;1-4(2,3)6-5/h1-5H;5H,1-3H3. The first kappa shape index (κ1) is 11.1. The van der Waals surface area contributed by atoms with Gasteiger partial charge < -0.3 is 0 Å². The Morgan fingerprint density at radius 1 is 1.08 bits per heavy atom. The first-order chi connectivity index (χ1) is 5.56. The van der Waals surface area contributed by atoms with E-state index in [1.54, 1.807) is 33.2 Å². The second-order valence-corrected chi connectivity index (χ2v) is 3.23. The molecule has 0 radical (unpaired) electrons. The molecule has 0 saturated heterocycles. The van der Waals surface area contributed by atoms with E-state index in [1.165, 1.54) is 0 Å². The van der Waals surface area contributed by atoms with Crippen molar-refractivity contribution in [3.63, 3.8) is 0 Å². The zero-order valence-electron chi connectivity index (χ0n) is 7.69. The molecule has 0 saturated carbocycles. The maximum absolute atomic E-state index is 7.90. The van der Waals surface area contributed by atoms with Crippen molar-refractivity contribution < 1.29 is 10.1 Å².